The molecule has 0 fully saturated rings. The van der Waals surface area contributed by atoms with E-state index >= 15 is 0 Å². The normalized spacial score (nSPS) is 17.3. The zero-order valence-corrected chi connectivity index (χ0v) is 18.6. The third-order valence-electron chi connectivity index (χ3n) is 6.62. The van der Waals surface area contributed by atoms with E-state index in [-0.39, 0.29) is 5.75 Å². The fraction of sp³-hybridized carbons (Fsp3) is 0.520. The summed E-state index contributed by atoms with van der Waals surface area (Å²) in [6, 6.07) is 6.26. The van der Waals surface area contributed by atoms with Crippen LogP contribution in [0, 0.1) is 0 Å². The summed E-state index contributed by atoms with van der Waals surface area (Å²) in [5.74, 6) is 2.20. The van der Waals surface area contributed by atoms with Gasteiger partial charge >= 0.3 is 0 Å². The van der Waals surface area contributed by atoms with Gasteiger partial charge in [0.15, 0.2) is 23.0 Å². The van der Waals surface area contributed by atoms with Crippen LogP contribution in [0.1, 0.15) is 55.3 Å². The molecule has 0 radical (unpaired) electrons. The minimum Gasteiger partial charge on any atom is -0.504 e. The Kier molecular flexibility index (Phi) is 6.09. The molecule has 162 valence electrons. The topological polar surface area (TPSA) is 51.2 Å². The van der Waals surface area contributed by atoms with Crippen molar-refractivity contribution < 1.29 is 19.3 Å². The molecular formula is C25H33NO4. The first-order chi connectivity index (χ1) is 14.6. The monoisotopic (exact) mass is 411 g/mol. The molecule has 0 saturated carbocycles. The van der Waals surface area contributed by atoms with Gasteiger partial charge in [-0.15, -0.1) is 0 Å². The fourth-order valence-electron chi connectivity index (χ4n) is 5.14. The van der Waals surface area contributed by atoms with Gasteiger partial charge in [-0.2, -0.15) is 0 Å². The van der Waals surface area contributed by atoms with Crippen molar-refractivity contribution in [2.24, 2.45) is 0 Å². The van der Waals surface area contributed by atoms with E-state index in [9.17, 15) is 5.11 Å². The molecule has 1 atom stereocenters. The van der Waals surface area contributed by atoms with Crippen LogP contribution in [-0.2, 0) is 12.8 Å². The summed E-state index contributed by atoms with van der Waals surface area (Å²) in [6.45, 7) is 4.41. The van der Waals surface area contributed by atoms with Gasteiger partial charge in [-0.05, 0) is 66.3 Å². The molecule has 4 rings (SSSR count). The largest absolute Gasteiger partial charge is 0.504 e. The van der Waals surface area contributed by atoms with Gasteiger partial charge in [0.2, 0.25) is 0 Å². The van der Waals surface area contributed by atoms with Crippen LogP contribution in [0.15, 0.2) is 18.2 Å². The number of nitrogens with zero attached hydrogens (tertiary/aromatic N) is 1. The lowest BCUT2D eigenvalue weighted by atomic mass is 9.76. The quantitative estimate of drug-likeness (QED) is 0.611. The first-order valence-corrected chi connectivity index (χ1v) is 11.0. The van der Waals surface area contributed by atoms with E-state index < -0.39 is 0 Å². The number of fused-ring (bicyclic) bond motifs is 2. The second-order valence-corrected chi connectivity index (χ2v) is 8.31. The molecule has 0 saturated heterocycles. The summed E-state index contributed by atoms with van der Waals surface area (Å²) in [4.78, 5) is 2.62. The molecule has 2 aromatic rings. The van der Waals surface area contributed by atoms with Crippen LogP contribution in [-0.4, -0.2) is 44.4 Å². The highest BCUT2D eigenvalue weighted by Gasteiger charge is 2.37. The minimum atomic E-state index is 0.187. The Morgan fingerprint density at radius 3 is 2.47 bits per heavy atom. The van der Waals surface area contributed by atoms with Crippen molar-refractivity contribution in [2.45, 2.75) is 51.5 Å². The number of phenols is 1. The van der Waals surface area contributed by atoms with Crippen LogP contribution < -0.4 is 14.2 Å². The SMILES string of the molecule is CCCCCCN1CCc2cc(OC)c(OC)c3c2[C@@H]1Cc1cc(O)c(OC)cc1-3. The lowest BCUT2D eigenvalue weighted by Gasteiger charge is -2.42. The molecule has 1 aliphatic heterocycles. The van der Waals surface area contributed by atoms with Gasteiger partial charge in [0.25, 0.3) is 0 Å². The molecular weight excluding hydrogens is 378 g/mol. The number of aromatic hydroxyl groups is 1. The number of ether oxygens (including phenoxy) is 3. The third-order valence-corrected chi connectivity index (χ3v) is 6.62. The predicted octanol–water partition coefficient (Wildman–Crippen LogP) is 5.12. The van der Waals surface area contributed by atoms with Gasteiger partial charge in [-0.1, -0.05) is 26.2 Å². The Morgan fingerprint density at radius 2 is 1.77 bits per heavy atom. The summed E-state index contributed by atoms with van der Waals surface area (Å²) in [6.07, 6.45) is 6.94. The van der Waals surface area contributed by atoms with E-state index in [0.29, 0.717) is 11.8 Å². The van der Waals surface area contributed by atoms with E-state index in [4.69, 9.17) is 14.2 Å². The van der Waals surface area contributed by atoms with Gasteiger partial charge < -0.3 is 19.3 Å². The van der Waals surface area contributed by atoms with E-state index in [1.807, 2.05) is 12.1 Å². The molecule has 0 unspecified atom stereocenters. The summed E-state index contributed by atoms with van der Waals surface area (Å²) in [5.41, 5.74) is 5.99. The van der Waals surface area contributed by atoms with Crippen LogP contribution in [0.25, 0.3) is 11.1 Å². The minimum absolute atomic E-state index is 0.187. The molecule has 0 aromatic heterocycles. The second kappa shape index (κ2) is 8.76. The average molecular weight is 412 g/mol. The highest BCUT2D eigenvalue weighted by molar-refractivity contribution is 5.85. The van der Waals surface area contributed by atoms with E-state index in [0.717, 1.165) is 54.1 Å². The van der Waals surface area contributed by atoms with Crippen molar-refractivity contribution in [2.75, 3.05) is 34.4 Å². The molecule has 2 aromatic carbocycles. The van der Waals surface area contributed by atoms with E-state index in [1.54, 1.807) is 21.3 Å². The average Bonchev–Trinajstić information content (AvgIpc) is 2.76. The lowest BCUT2D eigenvalue weighted by molar-refractivity contribution is 0.178. The van der Waals surface area contributed by atoms with E-state index in [2.05, 4.69) is 17.9 Å². The van der Waals surface area contributed by atoms with Crippen LogP contribution >= 0.6 is 0 Å². The zero-order chi connectivity index (χ0) is 21.3. The molecule has 1 heterocycles. The summed E-state index contributed by atoms with van der Waals surface area (Å²) in [5, 5.41) is 10.4. The Balaban J connectivity index is 1.85. The van der Waals surface area contributed by atoms with Crippen LogP contribution in [0.5, 0.6) is 23.0 Å². The van der Waals surface area contributed by atoms with Crippen molar-refractivity contribution >= 4 is 0 Å². The van der Waals surface area contributed by atoms with Gasteiger partial charge in [0.1, 0.15) is 0 Å². The third kappa shape index (κ3) is 3.49. The summed E-state index contributed by atoms with van der Waals surface area (Å²) >= 11 is 0. The van der Waals surface area contributed by atoms with Gasteiger partial charge in [0, 0.05) is 18.2 Å². The number of hydrogen-bond donors (Lipinski definition) is 1. The molecule has 0 amide bonds. The van der Waals surface area contributed by atoms with Gasteiger partial charge in [0.05, 0.1) is 21.3 Å². The number of methoxy groups -OCH3 is 3. The van der Waals surface area contributed by atoms with Crippen LogP contribution in [0.4, 0.5) is 0 Å². The predicted molar refractivity (Wildman–Crippen MR) is 119 cm³/mol. The molecule has 1 aliphatic carbocycles. The number of benzene rings is 2. The Bertz CT molecular complexity index is 924. The summed E-state index contributed by atoms with van der Waals surface area (Å²) < 4.78 is 17.0. The van der Waals surface area contributed by atoms with Crippen molar-refractivity contribution in [1.82, 2.24) is 4.90 Å². The fourth-order valence-corrected chi connectivity index (χ4v) is 5.14. The Labute approximate surface area is 179 Å². The Hall–Kier alpha value is -2.40. The number of hydrogen-bond acceptors (Lipinski definition) is 5. The molecule has 1 N–H and O–H groups in total. The second-order valence-electron chi connectivity index (χ2n) is 8.31. The molecule has 0 spiro atoms. The van der Waals surface area contributed by atoms with Crippen LogP contribution in [0.2, 0.25) is 0 Å². The lowest BCUT2D eigenvalue weighted by Crippen LogP contribution is -2.39. The molecule has 0 bridgehead atoms. The highest BCUT2D eigenvalue weighted by Crippen LogP contribution is 2.54. The maximum atomic E-state index is 10.4. The van der Waals surface area contributed by atoms with Gasteiger partial charge in [-0.25, -0.2) is 0 Å². The first kappa shape index (κ1) is 20.9. The Morgan fingerprint density at radius 1 is 0.967 bits per heavy atom. The van der Waals surface area contributed by atoms with Crippen LogP contribution in [0.3, 0.4) is 0 Å². The number of unbranched alkanes of at least 4 members (excludes halogenated alkanes) is 3. The van der Waals surface area contributed by atoms with Crippen molar-refractivity contribution in [3.05, 3.63) is 34.9 Å². The van der Waals surface area contributed by atoms with Crippen molar-refractivity contribution in [1.29, 1.82) is 0 Å². The maximum Gasteiger partial charge on any atom is 0.168 e. The first-order valence-electron chi connectivity index (χ1n) is 11.0. The van der Waals surface area contributed by atoms with Crippen molar-refractivity contribution in [3.63, 3.8) is 0 Å². The standard InChI is InChI=1S/C25H33NO4/c1-5-6-7-8-10-26-11-9-16-14-22(29-3)25(30-4)24-18-15-21(28-2)20(27)13-17(18)12-19(26)23(16)24/h13-15,19,27H,5-12H2,1-4H3/t19-/m0/s1. The van der Waals surface area contributed by atoms with Crippen molar-refractivity contribution in [3.8, 4) is 34.1 Å². The number of rotatable bonds is 8. The molecule has 5 nitrogen and oxygen atoms in total. The van der Waals surface area contributed by atoms with E-state index in [1.165, 1.54) is 36.8 Å². The molecule has 30 heavy (non-hydrogen) atoms. The zero-order valence-electron chi connectivity index (χ0n) is 18.6. The molecule has 5 heteroatoms. The maximum absolute atomic E-state index is 10.4. The highest BCUT2D eigenvalue weighted by atomic mass is 16.5. The van der Waals surface area contributed by atoms with Gasteiger partial charge in [-0.3, -0.25) is 4.90 Å². The summed E-state index contributed by atoms with van der Waals surface area (Å²) in [7, 11) is 4.98. The molecule has 2 aliphatic rings. The smallest absolute Gasteiger partial charge is 0.168 e. The number of phenolic OH excluding ortho intramolecular Hbond substituents is 1.